The number of aliphatic imine (C=N–C) groups is 1. The maximum Gasteiger partial charge on any atom is 0.322 e. The predicted molar refractivity (Wildman–Crippen MR) is 81.9 cm³/mol. The predicted octanol–water partition coefficient (Wildman–Crippen LogP) is 2.35. The zero-order chi connectivity index (χ0) is 15.9. The number of carbonyl (C=O) groups is 2. The molecule has 0 bridgehead atoms. The molecule has 6 nitrogen and oxygen atoms in total. The Morgan fingerprint density at radius 3 is 2.77 bits per heavy atom. The van der Waals surface area contributed by atoms with Crippen LogP contribution in [0.2, 0.25) is 0 Å². The molecule has 0 fully saturated rings. The zero-order valence-electron chi connectivity index (χ0n) is 11.9. The molecule has 1 atom stereocenters. The van der Waals surface area contributed by atoms with E-state index in [0.717, 1.165) is 10.0 Å². The standard InChI is InChI=1S/C15H12BrNO5/c1-7-13(15(19)20-2)14(18)10(17-7)3-8-4-11-12(5-9(8)16)22-6-21-11/h3-5,13H,6H2,1-2H3/b10-3+. The number of hydrogen-bond donors (Lipinski definition) is 0. The number of rotatable bonds is 2. The minimum absolute atomic E-state index is 0.169. The Balaban J connectivity index is 1.97. The van der Waals surface area contributed by atoms with Gasteiger partial charge in [0, 0.05) is 10.2 Å². The van der Waals surface area contributed by atoms with Gasteiger partial charge in [-0.3, -0.25) is 14.6 Å². The number of fused-ring (bicyclic) bond motifs is 1. The summed E-state index contributed by atoms with van der Waals surface area (Å²) in [5.41, 5.74) is 1.36. The Bertz CT molecular complexity index is 738. The Kier molecular flexibility index (Phi) is 3.74. The molecule has 1 unspecified atom stereocenters. The quantitative estimate of drug-likeness (QED) is 0.456. The topological polar surface area (TPSA) is 74.2 Å². The highest BCUT2D eigenvalue weighted by molar-refractivity contribution is 9.10. The Morgan fingerprint density at radius 2 is 2.09 bits per heavy atom. The third-order valence-corrected chi connectivity index (χ3v) is 4.14. The lowest BCUT2D eigenvalue weighted by Crippen LogP contribution is -2.27. The lowest BCUT2D eigenvalue weighted by Gasteiger charge is -2.05. The van der Waals surface area contributed by atoms with Crippen molar-refractivity contribution in [1.82, 2.24) is 0 Å². The van der Waals surface area contributed by atoms with Crippen molar-refractivity contribution in [1.29, 1.82) is 0 Å². The summed E-state index contributed by atoms with van der Waals surface area (Å²) in [5, 5.41) is 0. The summed E-state index contributed by atoms with van der Waals surface area (Å²) in [5.74, 6) is -0.679. The molecule has 1 aromatic rings. The van der Waals surface area contributed by atoms with Gasteiger partial charge in [-0.15, -0.1) is 0 Å². The summed E-state index contributed by atoms with van der Waals surface area (Å²) >= 11 is 3.42. The molecule has 0 saturated heterocycles. The fourth-order valence-electron chi connectivity index (χ4n) is 2.34. The molecule has 22 heavy (non-hydrogen) atoms. The van der Waals surface area contributed by atoms with Gasteiger partial charge < -0.3 is 14.2 Å². The number of nitrogens with zero attached hydrogens (tertiary/aromatic N) is 1. The molecular weight excluding hydrogens is 354 g/mol. The van der Waals surface area contributed by atoms with Gasteiger partial charge in [-0.2, -0.15) is 0 Å². The van der Waals surface area contributed by atoms with Gasteiger partial charge in [0.1, 0.15) is 5.70 Å². The number of ketones is 1. The van der Waals surface area contributed by atoms with Crippen molar-refractivity contribution in [3.63, 3.8) is 0 Å². The minimum atomic E-state index is -0.955. The molecular formula is C15H12BrNO5. The second-order valence-electron chi connectivity index (χ2n) is 4.83. The number of allylic oxidation sites excluding steroid dienone is 1. The molecule has 0 N–H and O–H groups in total. The molecule has 7 heteroatoms. The van der Waals surface area contributed by atoms with Crippen LogP contribution in [0.5, 0.6) is 11.5 Å². The molecule has 0 spiro atoms. The highest BCUT2D eigenvalue weighted by Crippen LogP contribution is 2.38. The molecule has 0 amide bonds. The maximum atomic E-state index is 12.3. The van der Waals surface area contributed by atoms with E-state index in [1.165, 1.54) is 7.11 Å². The number of methoxy groups -OCH3 is 1. The third kappa shape index (κ3) is 2.41. The van der Waals surface area contributed by atoms with Crippen LogP contribution in [0.4, 0.5) is 0 Å². The lowest BCUT2D eigenvalue weighted by atomic mass is 10.0. The summed E-state index contributed by atoms with van der Waals surface area (Å²) in [6.07, 6.45) is 1.61. The van der Waals surface area contributed by atoms with Gasteiger partial charge in [0.05, 0.1) is 7.11 Å². The number of benzene rings is 1. The first-order chi connectivity index (χ1) is 10.5. The summed E-state index contributed by atoms with van der Waals surface area (Å²) in [7, 11) is 1.25. The van der Waals surface area contributed by atoms with Crippen molar-refractivity contribution in [3.05, 3.63) is 27.9 Å². The number of halogens is 1. The van der Waals surface area contributed by atoms with Crippen molar-refractivity contribution < 1.29 is 23.8 Å². The fourth-order valence-corrected chi connectivity index (χ4v) is 2.77. The average molecular weight is 366 g/mol. The summed E-state index contributed by atoms with van der Waals surface area (Å²) in [6, 6.07) is 3.52. The zero-order valence-corrected chi connectivity index (χ0v) is 13.5. The lowest BCUT2D eigenvalue weighted by molar-refractivity contribution is -0.145. The maximum absolute atomic E-state index is 12.3. The Hall–Kier alpha value is -2.15. The fraction of sp³-hybridized carbons (Fsp3) is 0.267. The second kappa shape index (κ2) is 5.57. The van der Waals surface area contributed by atoms with Crippen molar-refractivity contribution >= 4 is 39.5 Å². The largest absolute Gasteiger partial charge is 0.468 e. The second-order valence-corrected chi connectivity index (χ2v) is 5.68. The molecule has 0 aromatic heterocycles. The van der Waals surface area contributed by atoms with E-state index < -0.39 is 11.9 Å². The van der Waals surface area contributed by atoms with E-state index in [2.05, 4.69) is 25.7 Å². The first kappa shape index (κ1) is 14.8. The first-order valence-corrected chi connectivity index (χ1v) is 7.28. The smallest absolute Gasteiger partial charge is 0.322 e. The molecule has 1 aromatic carbocycles. The van der Waals surface area contributed by atoms with Crippen LogP contribution in [0, 0.1) is 5.92 Å². The number of hydrogen-bond acceptors (Lipinski definition) is 6. The van der Waals surface area contributed by atoms with Crippen LogP contribution < -0.4 is 9.47 Å². The monoisotopic (exact) mass is 365 g/mol. The van der Waals surface area contributed by atoms with Crippen LogP contribution in [0.25, 0.3) is 6.08 Å². The van der Waals surface area contributed by atoms with Crippen LogP contribution in [0.3, 0.4) is 0 Å². The number of carbonyl (C=O) groups excluding carboxylic acids is 2. The number of esters is 1. The summed E-state index contributed by atoms with van der Waals surface area (Å²) < 4.78 is 16.0. The van der Waals surface area contributed by atoms with Gasteiger partial charge >= 0.3 is 5.97 Å². The third-order valence-electron chi connectivity index (χ3n) is 3.45. The van der Waals surface area contributed by atoms with Gasteiger partial charge in [-0.25, -0.2) is 0 Å². The first-order valence-electron chi connectivity index (χ1n) is 6.49. The van der Waals surface area contributed by atoms with Gasteiger partial charge in [0.2, 0.25) is 12.6 Å². The van der Waals surface area contributed by atoms with Crippen molar-refractivity contribution in [3.8, 4) is 11.5 Å². The van der Waals surface area contributed by atoms with Gasteiger partial charge in [0.25, 0.3) is 0 Å². The number of Topliss-reactive ketones (excluding diaryl/α,β-unsaturated/α-hetero) is 1. The Labute approximate surface area is 134 Å². The summed E-state index contributed by atoms with van der Waals surface area (Å²) in [4.78, 5) is 28.2. The van der Waals surface area contributed by atoms with E-state index in [1.54, 1.807) is 25.1 Å². The average Bonchev–Trinajstić information content (AvgIpc) is 3.03. The van der Waals surface area contributed by atoms with Crippen molar-refractivity contribution in [2.75, 3.05) is 13.9 Å². The molecule has 114 valence electrons. The normalized spacial score (nSPS) is 21.2. The van der Waals surface area contributed by atoms with Crippen LogP contribution in [-0.2, 0) is 14.3 Å². The molecule has 3 rings (SSSR count). The van der Waals surface area contributed by atoms with E-state index in [4.69, 9.17) is 9.47 Å². The van der Waals surface area contributed by atoms with E-state index in [0.29, 0.717) is 17.2 Å². The highest BCUT2D eigenvalue weighted by Gasteiger charge is 2.37. The Morgan fingerprint density at radius 1 is 1.41 bits per heavy atom. The van der Waals surface area contributed by atoms with Crippen molar-refractivity contribution in [2.24, 2.45) is 10.9 Å². The molecule has 2 heterocycles. The summed E-state index contributed by atoms with van der Waals surface area (Å²) in [6.45, 7) is 1.80. The molecule has 0 aliphatic carbocycles. The molecule has 2 aliphatic rings. The van der Waals surface area contributed by atoms with Crippen LogP contribution in [0.15, 0.2) is 27.3 Å². The van der Waals surface area contributed by atoms with Crippen LogP contribution in [-0.4, -0.2) is 31.4 Å². The van der Waals surface area contributed by atoms with E-state index in [1.807, 2.05) is 0 Å². The SMILES string of the molecule is COC(=O)C1C(=O)/C(=C\c2cc3c(cc2Br)OCO3)N=C1C. The molecule has 2 aliphatic heterocycles. The number of ether oxygens (including phenoxy) is 3. The molecule has 0 saturated carbocycles. The van der Waals surface area contributed by atoms with E-state index >= 15 is 0 Å². The van der Waals surface area contributed by atoms with Crippen LogP contribution >= 0.6 is 15.9 Å². The van der Waals surface area contributed by atoms with Gasteiger partial charge in [-0.1, -0.05) is 15.9 Å². The van der Waals surface area contributed by atoms with Crippen molar-refractivity contribution in [2.45, 2.75) is 6.92 Å². The van der Waals surface area contributed by atoms with Gasteiger partial charge in [-0.05, 0) is 30.7 Å². The van der Waals surface area contributed by atoms with E-state index in [9.17, 15) is 9.59 Å². The van der Waals surface area contributed by atoms with Gasteiger partial charge in [0.15, 0.2) is 17.4 Å². The van der Waals surface area contributed by atoms with E-state index in [-0.39, 0.29) is 18.3 Å². The molecule has 0 radical (unpaired) electrons. The minimum Gasteiger partial charge on any atom is -0.468 e. The highest BCUT2D eigenvalue weighted by atomic mass is 79.9. The van der Waals surface area contributed by atoms with Crippen LogP contribution in [0.1, 0.15) is 12.5 Å².